The third kappa shape index (κ3) is 3.31. The number of rotatable bonds is 3. The SMILES string of the molecule is BrCc1cnc(N2CCC(N3CCCCC3)CC2)nc1. The molecule has 0 saturated carbocycles. The number of likely N-dealkylation sites (tertiary alicyclic amines) is 1. The molecule has 2 aliphatic rings. The normalized spacial score (nSPS) is 22.1. The van der Waals surface area contributed by atoms with Crippen LogP contribution in [0.4, 0.5) is 5.95 Å². The van der Waals surface area contributed by atoms with Crippen molar-refractivity contribution in [3.8, 4) is 0 Å². The zero-order chi connectivity index (χ0) is 13.8. The van der Waals surface area contributed by atoms with E-state index in [0.29, 0.717) is 0 Å². The summed E-state index contributed by atoms with van der Waals surface area (Å²) in [4.78, 5) is 14.0. The van der Waals surface area contributed by atoms with E-state index in [9.17, 15) is 0 Å². The second-order valence-corrected chi connectivity index (χ2v) is 6.40. The second-order valence-electron chi connectivity index (χ2n) is 5.84. The summed E-state index contributed by atoms with van der Waals surface area (Å²) in [5, 5.41) is 0.824. The van der Waals surface area contributed by atoms with Crippen molar-refractivity contribution in [2.45, 2.75) is 43.5 Å². The standard InChI is InChI=1S/C15H23BrN4/c16-10-13-11-17-15(18-12-13)20-8-4-14(5-9-20)19-6-2-1-3-7-19/h11-12,14H,1-10H2. The van der Waals surface area contributed by atoms with Gasteiger partial charge in [-0.3, -0.25) is 0 Å². The van der Waals surface area contributed by atoms with Gasteiger partial charge in [-0.1, -0.05) is 22.4 Å². The van der Waals surface area contributed by atoms with Crippen LogP contribution < -0.4 is 4.90 Å². The van der Waals surface area contributed by atoms with Crippen LogP contribution in [0.25, 0.3) is 0 Å². The molecule has 2 aliphatic heterocycles. The third-order valence-electron chi connectivity index (χ3n) is 4.50. The molecule has 2 fully saturated rings. The molecule has 0 radical (unpaired) electrons. The first-order valence-electron chi connectivity index (χ1n) is 7.72. The Hall–Kier alpha value is -0.680. The highest BCUT2D eigenvalue weighted by atomic mass is 79.9. The maximum absolute atomic E-state index is 4.48. The molecule has 2 saturated heterocycles. The molecular weight excluding hydrogens is 316 g/mol. The molecule has 110 valence electrons. The predicted molar refractivity (Wildman–Crippen MR) is 85.3 cm³/mol. The lowest BCUT2D eigenvalue weighted by atomic mass is 10.0. The molecule has 20 heavy (non-hydrogen) atoms. The van der Waals surface area contributed by atoms with E-state index in [4.69, 9.17) is 0 Å². The van der Waals surface area contributed by atoms with E-state index >= 15 is 0 Å². The van der Waals surface area contributed by atoms with Gasteiger partial charge < -0.3 is 9.80 Å². The summed E-state index contributed by atoms with van der Waals surface area (Å²) < 4.78 is 0. The minimum Gasteiger partial charge on any atom is -0.341 e. The molecule has 1 aromatic heterocycles. The Balaban J connectivity index is 1.54. The zero-order valence-corrected chi connectivity index (χ0v) is 13.6. The Morgan fingerprint density at radius 3 is 2.25 bits per heavy atom. The lowest BCUT2D eigenvalue weighted by Crippen LogP contribution is -2.47. The predicted octanol–water partition coefficient (Wildman–Crippen LogP) is 2.83. The Bertz CT molecular complexity index is 408. The van der Waals surface area contributed by atoms with Crippen molar-refractivity contribution >= 4 is 21.9 Å². The number of alkyl halides is 1. The molecule has 1 aromatic rings. The fourth-order valence-electron chi connectivity index (χ4n) is 3.29. The number of hydrogen-bond acceptors (Lipinski definition) is 4. The van der Waals surface area contributed by atoms with Gasteiger partial charge in [0.25, 0.3) is 0 Å². The zero-order valence-electron chi connectivity index (χ0n) is 12.0. The molecule has 3 heterocycles. The van der Waals surface area contributed by atoms with Gasteiger partial charge >= 0.3 is 0 Å². The largest absolute Gasteiger partial charge is 0.341 e. The molecule has 0 unspecified atom stereocenters. The number of nitrogens with zero attached hydrogens (tertiary/aromatic N) is 4. The summed E-state index contributed by atoms with van der Waals surface area (Å²) in [5.41, 5.74) is 1.14. The maximum Gasteiger partial charge on any atom is 0.225 e. The van der Waals surface area contributed by atoms with Crippen LogP contribution in [0.2, 0.25) is 0 Å². The van der Waals surface area contributed by atoms with Gasteiger partial charge in [0.2, 0.25) is 5.95 Å². The van der Waals surface area contributed by atoms with Crippen molar-refractivity contribution < 1.29 is 0 Å². The van der Waals surface area contributed by atoms with Crippen molar-refractivity contribution in [1.82, 2.24) is 14.9 Å². The quantitative estimate of drug-likeness (QED) is 0.793. The molecule has 0 amide bonds. The van der Waals surface area contributed by atoms with Crippen molar-refractivity contribution in [3.63, 3.8) is 0 Å². The van der Waals surface area contributed by atoms with Crippen molar-refractivity contribution in [1.29, 1.82) is 0 Å². The Kier molecular flexibility index (Phi) is 4.89. The van der Waals surface area contributed by atoms with E-state index in [1.807, 2.05) is 12.4 Å². The second kappa shape index (κ2) is 6.85. The number of aromatic nitrogens is 2. The van der Waals surface area contributed by atoms with Gasteiger partial charge in [-0.2, -0.15) is 0 Å². The molecule has 3 rings (SSSR count). The molecule has 4 nitrogen and oxygen atoms in total. The number of piperidine rings is 2. The van der Waals surface area contributed by atoms with Gasteiger partial charge in [-0.15, -0.1) is 0 Å². The van der Waals surface area contributed by atoms with E-state index in [2.05, 4.69) is 35.7 Å². The van der Waals surface area contributed by atoms with Crippen molar-refractivity contribution in [2.24, 2.45) is 0 Å². The van der Waals surface area contributed by atoms with Crippen LogP contribution in [0, 0.1) is 0 Å². The summed E-state index contributed by atoms with van der Waals surface area (Å²) in [7, 11) is 0. The first kappa shape index (κ1) is 14.3. The van der Waals surface area contributed by atoms with E-state index in [1.165, 1.54) is 45.2 Å². The van der Waals surface area contributed by atoms with E-state index < -0.39 is 0 Å². The van der Waals surface area contributed by atoms with Crippen LogP contribution in [0.5, 0.6) is 0 Å². The third-order valence-corrected chi connectivity index (χ3v) is 5.15. The Morgan fingerprint density at radius 1 is 1.00 bits per heavy atom. The minimum absolute atomic E-state index is 0.786. The fourth-order valence-corrected chi connectivity index (χ4v) is 3.58. The average molecular weight is 339 g/mol. The highest BCUT2D eigenvalue weighted by molar-refractivity contribution is 9.08. The van der Waals surface area contributed by atoms with Crippen LogP contribution in [0.15, 0.2) is 12.4 Å². The summed E-state index contributed by atoms with van der Waals surface area (Å²) >= 11 is 3.43. The monoisotopic (exact) mass is 338 g/mol. The average Bonchev–Trinajstić information content (AvgIpc) is 2.56. The van der Waals surface area contributed by atoms with Gasteiger partial charge in [0, 0.05) is 36.9 Å². The molecule has 0 N–H and O–H groups in total. The van der Waals surface area contributed by atoms with Gasteiger partial charge in [-0.25, -0.2) is 9.97 Å². The van der Waals surface area contributed by atoms with Gasteiger partial charge in [0.1, 0.15) is 0 Å². The first-order chi connectivity index (χ1) is 9.86. The summed E-state index contributed by atoms with van der Waals surface area (Å²) in [6.45, 7) is 4.80. The maximum atomic E-state index is 4.48. The topological polar surface area (TPSA) is 32.3 Å². The minimum atomic E-state index is 0.786. The summed E-state index contributed by atoms with van der Waals surface area (Å²) in [5.74, 6) is 0.895. The number of anilines is 1. The smallest absolute Gasteiger partial charge is 0.225 e. The molecule has 0 bridgehead atoms. The van der Waals surface area contributed by atoms with Crippen LogP contribution in [0.1, 0.15) is 37.7 Å². The lowest BCUT2D eigenvalue weighted by Gasteiger charge is -2.40. The van der Waals surface area contributed by atoms with Crippen molar-refractivity contribution in [3.05, 3.63) is 18.0 Å². The summed E-state index contributed by atoms with van der Waals surface area (Å²) in [6, 6.07) is 0.786. The van der Waals surface area contributed by atoms with Gasteiger partial charge in [0.15, 0.2) is 0 Å². The molecule has 0 aromatic carbocycles. The Labute approximate surface area is 129 Å². The molecule has 5 heteroatoms. The van der Waals surface area contributed by atoms with E-state index in [0.717, 1.165) is 36.0 Å². The van der Waals surface area contributed by atoms with Crippen molar-refractivity contribution in [2.75, 3.05) is 31.1 Å². The molecule has 0 atom stereocenters. The molecule has 0 spiro atoms. The van der Waals surface area contributed by atoms with Crippen LogP contribution in [-0.4, -0.2) is 47.1 Å². The lowest BCUT2D eigenvalue weighted by molar-refractivity contribution is 0.141. The van der Waals surface area contributed by atoms with E-state index in [1.54, 1.807) is 0 Å². The fraction of sp³-hybridized carbons (Fsp3) is 0.733. The van der Waals surface area contributed by atoms with Crippen LogP contribution >= 0.6 is 15.9 Å². The molecular formula is C15H23BrN4. The first-order valence-corrected chi connectivity index (χ1v) is 8.85. The van der Waals surface area contributed by atoms with E-state index in [-0.39, 0.29) is 0 Å². The highest BCUT2D eigenvalue weighted by Crippen LogP contribution is 2.22. The van der Waals surface area contributed by atoms with Crippen LogP contribution in [-0.2, 0) is 5.33 Å². The summed E-state index contributed by atoms with van der Waals surface area (Å²) in [6.07, 6.45) is 10.5. The number of hydrogen-bond donors (Lipinski definition) is 0. The van der Waals surface area contributed by atoms with Gasteiger partial charge in [0.05, 0.1) is 0 Å². The number of halogens is 1. The van der Waals surface area contributed by atoms with Crippen LogP contribution in [0.3, 0.4) is 0 Å². The molecule has 0 aliphatic carbocycles. The Morgan fingerprint density at radius 2 is 1.65 bits per heavy atom. The highest BCUT2D eigenvalue weighted by Gasteiger charge is 2.26. The van der Waals surface area contributed by atoms with Gasteiger partial charge in [-0.05, 0) is 44.3 Å².